The molecule has 5 heteroatoms. The zero-order valence-corrected chi connectivity index (χ0v) is 13.1. The van der Waals surface area contributed by atoms with Crippen molar-refractivity contribution in [2.75, 3.05) is 26.9 Å². The van der Waals surface area contributed by atoms with Crippen molar-refractivity contribution in [2.45, 2.75) is 25.8 Å². The van der Waals surface area contributed by atoms with Crippen molar-refractivity contribution >= 4 is 15.9 Å². The van der Waals surface area contributed by atoms with Crippen LogP contribution in [0.5, 0.6) is 11.5 Å². The van der Waals surface area contributed by atoms with Crippen molar-refractivity contribution in [3.05, 3.63) is 22.2 Å². The van der Waals surface area contributed by atoms with Crippen molar-refractivity contribution in [1.82, 2.24) is 4.90 Å². The van der Waals surface area contributed by atoms with Crippen molar-refractivity contribution in [3.8, 4) is 11.5 Å². The van der Waals surface area contributed by atoms with Gasteiger partial charge >= 0.3 is 0 Å². The third-order valence-electron chi connectivity index (χ3n) is 3.45. The summed E-state index contributed by atoms with van der Waals surface area (Å²) in [5, 5.41) is 0. The average Bonchev–Trinajstić information content (AvgIpc) is 2.86. The van der Waals surface area contributed by atoms with E-state index in [1.54, 1.807) is 0 Å². The molecule has 1 aromatic rings. The molecule has 1 unspecified atom stereocenters. The Labute approximate surface area is 123 Å². The highest BCUT2D eigenvalue weighted by molar-refractivity contribution is 9.10. The molecule has 0 saturated heterocycles. The summed E-state index contributed by atoms with van der Waals surface area (Å²) in [6.07, 6.45) is 2.37. The highest BCUT2D eigenvalue weighted by Crippen LogP contribution is 2.41. The normalized spacial score (nSPS) is 15.0. The number of nitrogens with two attached hydrogens (primary N) is 1. The SMILES string of the molecule is CCCCN(C)C(CN)c1cc(Br)c2c(c1)OCO2. The second-order valence-corrected chi connectivity index (χ2v) is 5.68. The lowest BCUT2D eigenvalue weighted by atomic mass is 10.0. The van der Waals surface area contributed by atoms with Gasteiger partial charge in [0.15, 0.2) is 11.5 Å². The summed E-state index contributed by atoms with van der Waals surface area (Å²) < 4.78 is 11.8. The molecule has 0 fully saturated rings. The van der Waals surface area contributed by atoms with Crippen LogP contribution in [0.15, 0.2) is 16.6 Å². The van der Waals surface area contributed by atoms with Crippen LogP contribution in [0.3, 0.4) is 0 Å². The molecule has 0 spiro atoms. The summed E-state index contributed by atoms with van der Waals surface area (Å²) in [6, 6.07) is 4.32. The fourth-order valence-corrected chi connectivity index (χ4v) is 2.89. The van der Waals surface area contributed by atoms with Crippen LogP contribution in [0, 0.1) is 0 Å². The molecular formula is C14H21BrN2O2. The second-order valence-electron chi connectivity index (χ2n) is 4.82. The summed E-state index contributed by atoms with van der Waals surface area (Å²) in [4.78, 5) is 2.30. The number of ether oxygens (including phenoxy) is 2. The van der Waals surface area contributed by atoms with Crippen LogP contribution in [0.1, 0.15) is 31.4 Å². The predicted octanol–water partition coefficient (Wildman–Crippen LogP) is 2.91. The van der Waals surface area contributed by atoms with Crippen LogP contribution in [0.25, 0.3) is 0 Å². The Kier molecular flexibility index (Phi) is 5.07. The monoisotopic (exact) mass is 328 g/mol. The van der Waals surface area contributed by atoms with Gasteiger partial charge < -0.3 is 15.2 Å². The second kappa shape index (κ2) is 6.59. The van der Waals surface area contributed by atoms with E-state index in [4.69, 9.17) is 15.2 Å². The first-order valence-electron chi connectivity index (χ1n) is 6.66. The molecule has 2 rings (SSSR count). The summed E-state index contributed by atoms with van der Waals surface area (Å²) >= 11 is 3.53. The van der Waals surface area contributed by atoms with Gasteiger partial charge in [0.05, 0.1) is 4.47 Å². The maximum Gasteiger partial charge on any atom is 0.231 e. The minimum atomic E-state index is 0.206. The van der Waals surface area contributed by atoms with Gasteiger partial charge in [-0.3, -0.25) is 4.90 Å². The molecule has 1 atom stereocenters. The number of likely N-dealkylation sites (N-methyl/N-ethyl adjacent to an activating group) is 1. The summed E-state index contributed by atoms with van der Waals surface area (Å²) in [5.41, 5.74) is 7.11. The maximum atomic E-state index is 5.94. The fourth-order valence-electron chi connectivity index (χ4n) is 2.31. The highest BCUT2D eigenvalue weighted by Gasteiger charge is 2.22. The molecule has 0 bridgehead atoms. The van der Waals surface area contributed by atoms with Crippen molar-refractivity contribution in [1.29, 1.82) is 0 Å². The van der Waals surface area contributed by atoms with Gasteiger partial charge in [-0.25, -0.2) is 0 Å². The van der Waals surface area contributed by atoms with Crippen LogP contribution in [-0.2, 0) is 0 Å². The fraction of sp³-hybridized carbons (Fsp3) is 0.571. The van der Waals surface area contributed by atoms with Gasteiger partial charge in [0, 0.05) is 12.6 Å². The molecule has 0 aromatic heterocycles. The van der Waals surface area contributed by atoms with Gasteiger partial charge in [-0.05, 0) is 53.6 Å². The summed E-state index contributed by atoms with van der Waals surface area (Å²) in [6.45, 7) is 4.12. The molecule has 106 valence electrons. The molecule has 0 saturated carbocycles. The van der Waals surface area contributed by atoms with E-state index in [1.165, 1.54) is 12.8 Å². The molecule has 0 radical (unpaired) electrons. The van der Waals surface area contributed by atoms with Gasteiger partial charge in [-0.15, -0.1) is 0 Å². The number of halogens is 1. The average molecular weight is 329 g/mol. The summed E-state index contributed by atoms with van der Waals surface area (Å²) in [5.74, 6) is 1.59. The Bertz CT molecular complexity index is 440. The van der Waals surface area contributed by atoms with Gasteiger partial charge in [0.1, 0.15) is 0 Å². The topological polar surface area (TPSA) is 47.7 Å². The van der Waals surface area contributed by atoms with Crippen LogP contribution in [0.4, 0.5) is 0 Å². The zero-order chi connectivity index (χ0) is 13.8. The zero-order valence-electron chi connectivity index (χ0n) is 11.5. The van der Waals surface area contributed by atoms with Crippen LogP contribution < -0.4 is 15.2 Å². The first kappa shape index (κ1) is 14.6. The Balaban J connectivity index is 2.21. The minimum Gasteiger partial charge on any atom is -0.454 e. The van der Waals surface area contributed by atoms with Crippen molar-refractivity contribution < 1.29 is 9.47 Å². The van der Waals surface area contributed by atoms with E-state index in [2.05, 4.69) is 40.9 Å². The number of benzene rings is 1. The van der Waals surface area contributed by atoms with E-state index in [9.17, 15) is 0 Å². The molecule has 0 aliphatic carbocycles. The van der Waals surface area contributed by atoms with Crippen LogP contribution in [-0.4, -0.2) is 31.8 Å². The molecule has 1 aromatic carbocycles. The molecular weight excluding hydrogens is 308 g/mol. The van der Waals surface area contributed by atoms with E-state index in [0.717, 1.165) is 28.1 Å². The number of fused-ring (bicyclic) bond motifs is 1. The van der Waals surface area contributed by atoms with E-state index in [1.807, 2.05) is 6.07 Å². The predicted molar refractivity (Wildman–Crippen MR) is 79.6 cm³/mol. The Morgan fingerprint density at radius 1 is 1.42 bits per heavy atom. The minimum absolute atomic E-state index is 0.206. The maximum absolute atomic E-state index is 5.94. The lowest BCUT2D eigenvalue weighted by molar-refractivity contribution is 0.173. The molecule has 4 nitrogen and oxygen atoms in total. The number of rotatable bonds is 6. The Hall–Kier alpha value is -0.780. The molecule has 0 amide bonds. The van der Waals surface area contributed by atoms with Crippen LogP contribution >= 0.6 is 15.9 Å². The number of nitrogens with zero attached hydrogens (tertiary/aromatic N) is 1. The Morgan fingerprint density at radius 2 is 2.21 bits per heavy atom. The molecule has 1 aliphatic rings. The van der Waals surface area contributed by atoms with Crippen molar-refractivity contribution in [2.24, 2.45) is 5.73 Å². The quantitative estimate of drug-likeness (QED) is 0.872. The largest absolute Gasteiger partial charge is 0.454 e. The lowest BCUT2D eigenvalue weighted by Gasteiger charge is -2.27. The first-order valence-corrected chi connectivity index (χ1v) is 7.46. The van der Waals surface area contributed by atoms with Gasteiger partial charge in [0.2, 0.25) is 6.79 Å². The van der Waals surface area contributed by atoms with Gasteiger partial charge in [0.25, 0.3) is 0 Å². The first-order chi connectivity index (χ1) is 9.17. The molecule has 19 heavy (non-hydrogen) atoms. The highest BCUT2D eigenvalue weighted by atomic mass is 79.9. The number of unbranched alkanes of at least 4 members (excludes halogenated alkanes) is 1. The summed E-state index contributed by atoms with van der Waals surface area (Å²) in [7, 11) is 2.12. The molecule has 2 N–H and O–H groups in total. The van der Waals surface area contributed by atoms with E-state index < -0.39 is 0 Å². The smallest absolute Gasteiger partial charge is 0.231 e. The number of hydrogen-bond donors (Lipinski definition) is 1. The lowest BCUT2D eigenvalue weighted by Crippen LogP contribution is -2.31. The van der Waals surface area contributed by atoms with Gasteiger partial charge in [-0.1, -0.05) is 13.3 Å². The number of hydrogen-bond acceptors (Lipinski definition) is 4. The van der Waals surface area contributed by atoms with Crippen molar-refractivity contribution in [3.63, 3.8) is 0 Å². The standard InChI is InChI=1S/C14H21BrN2O2/c1-3-4-5-17(2)12(8-16)10-6-11(15)14-13(7-10)18-9-19-14/h6-7,12H,3-5,8-9,16H2,1-2H3. The Morgan fingerprint density at radius 3 is 2.89 bits per heavy atom. The third kappa shape index (κ3) is 3.22. The van der Waals surface area contributed by atoms with Gasteiger partial charge in [-0.2, -0.15) is 0 Å². The van der Waals surface area contributed by atoms with E-state index in [-0.39, 0.29) is 12.8 Å². The van der Waals surface area contributed by atoms with E-state index in [0.29, 0.717) is 6.54 Å². The van der Waals surface area contributed by atoms with E-state index >= 15 is 0 Å². The molecule has 1 aliphatic heterocycles. The third-order valence-corrected chi connectivity index (χ3v) is 4.04. The van der Waals surface area contributed by atoms with Crippen LogP contribution in [0.2, 0.25) is 0 Å². The molecule has 1 heterocycles.